The van der Waals surface area contributed by atoms with Gasteiger partial charge in [0.25, 0.3) is 0 Å². The van der Waals surface area contributed by atoms with Crippen molar-refractivity contribution in [3.8, 4) is 0 Å². The van der Waals surface area contributed by atoms with Gasteiger partial charge in [-0.2, -0.15) is 4.39 Å². The van der Waals surface area contributed by atoms with E-state index in [9.17, 15) is 4.39 Å². The van der Waals surface area contributed by atoms with Crippen molar-refractivity contribution in [1.82, 2.24) is 10.6 Å². The van der Waals surface area contributed by atoms with E-state index in [0.29, 0.717) is 11.5 Å². The molecule has 0 heterocycles. The van der Waals surface area contributed by atoms with Crippen LogP contribution in [0, 0.1) is 12.8 Å². The van der Waals surface area contributed by atoms with Gasteiger partial charge in [-0.25, -0.2) is 0 Å². The number of hydrogen-bond donors (Lipinski definition) is 2. The van der Waals surface area contributed by atoms with Gasteiger partial charge in [0, 0.05) is 38.4 Å². The summed E-state index contributed by atoms with van der Waals surface area (Å²) >= 11 is 0. The van der Waals surface area contributed by atoms with E-state index in [2.05, 4.69) is 88.9 Å². The standard InChI is InChI=1S/C33H36FN3/c1-23-12-15-29(21-30(23)33(34)36-4)32(31(28-18-19-28)26-10-6-5-7-11-26)27-16-13-25(14-17-27)22-37-20-8-9-24(2)35-3/h5-17,21,28,35,37H,2,18-20,22H2,1,3-4H3/b9-8+,32-31-,36-33?. The molecule has 0 spiro atoms. The van der Waals surface area contributed by atoms with Crippen LogP contribution in [0.3, 0.4) is 0 Å². The van der Waals surface area contributed by atoms with Crippen LogP contribution in [0.1, 0.15) is 46.2 Å². The molecule has 0 amide bonds. The average molecular weight is 494 g/mol. The van der Waals surface area contributed by atoms with Gasteiger partial charge in [-0.1, -0.05) is 79.4 Å². The van der Waals surface area contributed by atoms with Crippen molar-refractivity contribution in [3.63, 3.8) is 0 Å². The predicted molar refractivity (Wildman–Crippen MR) is 155 cm³/mol. The molecule has 0 bridgehead atoms. The van der Waals surface area contributed by atoms with Crippen LogP contribution in [0.2, 0.25) is 0 Å². The molecule has 0 aromatic heterocycles. The molecule has 3 aromatic carbocycles. The molecule has 0 unspecified atom stereocenters. The fourth-order valence-electron chi connectivity index (χ4n) is 4.55. The third-order valence-electron chi connectivity index (χ3n) is 6.76. The number of nitrogens with zero attached hydrogens (tertiary/aromatic N) is 1. The Morgan fingerprint density at radius 1 is 1.00 bits per heavy atom. The van der Waals surface area contributed by atoms with Crippen LogP contribution >= 0.6 is 0 Å². The first-order valence-corrected chi connectivity index (χ1v) is 12.9. The van der Waals surface area contributed by atoms with Crippen LogP contribution in [-0.2, 0) is 6.54 Å². The van der Waals surface area contributed by atoms with E-state index in [4.69, 9.17) is 0 Å². The number of aryl methyl sites for hydroxylation is 1. The third-order valence-corrected chi connectivity index (χ3v) is 6.76. The summed E-state index contributed by atoms with van der Waals surface area (Å²) in [5.41, 5.74) is 9.44. The molecule has 0 atom stereocenters. The van der Waals surface area contributed by atoms with Crippen molar-refractivity contribution in [3.05, 3.63) is 131 Å². The Bertz CT molecular complexity index is 1310. The van der Waals surface area contributed by atoms with Crippen molar-refractivity contribution in [2.24, 2.45) is 10.9 Å². The molecule has 1 aliphatic rings. The molecule has 3 nitrogen and oxygen atoms in total. The Labute approximate surface area is 220 Å². The third kappa shape index (κ3) is 6.72. The number of benzene rings is 3. The summed E-state index contributed by atoms with van der Waals surface area (Å²) in [6, 6.07) is 25.4. The topological polar surface area (TPSA) is 36.4 Å². The monoisotopic (exact) mass is 493 g/mol. The van der Waals surface area contributed by atoms with E-state index in [1.165, 1.54) is 42.2 Å². The second-order valence-electron chi connectivity index (χ2n) is 9.48. The summed E-state index contributed by atoms with van der Waals surface area (Å²) in [6.45, 7) is 7.37. The van der Waals surface area contributed by atoms with Crippen LogP contribution in [0.4, 0.5) is 4.39 Å². The summed E-state index contributed by atoms with van der Waals surface area (Å²) < 4.78 is 14.7. The summed E-state index contributed by atoms with van der Waals surface area (Å²) in [7, 11) is 3.36. The van der Waals surface area contributed by atoms with E-state index in [1.54, 1.807) is 0 Å². The van der Waals surface area contributed by atoms with Gasteiger partial charge in [0.1, 0.15) is 0 Å². The van der Waals surface area contributed by atoms with Crippen molar-refractivity contribution in [2.75, 3.05) is 20.6 Å². The number of halogens is 1. The van der Waals surface area contributed by atoms with Gasteiger partial charge in [0.05, 0.1) is 0 Å². The molecule has 0 radical (unpaired) electrons. The lowest BCUT2D eigenvalue weighted by Gasteiger charge is -2.19. The molecule has 0 aliphatic heterocycles. The minimum absolute atomic E-state index is 0.430. The van der Waals surface area contributed by atoms with Gasteiger partial charge in [-0.05, 0) is 76.8 Å². The molecule has 0 saturated heterocycles. The van der Waals surface area contributed by atoms with Crippen LogP contribution in [0.25, 0.3) is 11.1 Å². The van der Waals surface area contributed by atoms with Gasteiger partial charge >= 0.3 is 0 Å². The van der Waals surface area contributed by atoms with Gasteiger partial charge in [0.2, 0.25) is 5.97 Å². The highest BCUT2D eigenvalue weighted by atomic mass is 19.1. The maximum absolute atomic E-state index is 14.7. The minimum atomic E-state index is -0.430. The van der Waals surface area contributed by atoms with Crippen LogP contribution < -0.4 is 10.6 Å². The lowest BCUT2D eigenvalue weighted by molar-refractivity contribution is 0.759. The minimum Gasteiger partial charge on any atom is -0.389 e. The lowest BCUT2D eigenvalue weighted by atomic mass is 9.85. The van der Waals surface area contributed by atoms with Crippen LogP contribution in [0.5, 0.6) is 0 Å². The van der Waals surface area contributed by atoms with Gasteiger partial charge in [-0.3, -0.25) is 4.99 Å². The molecular weight excluding hydrogens is 457 g/mol. The van der Waals surface area contributed by atoms with E-state index in [-0.39, 0.29) is 0 Å². The molecule has 37 heavy (non-hydrogen) atoms. The van der Waals surface area contributed by atoms with Crippen LogP contribution in [-0.4, -0.2) is 26.6 Å². The predicted octanol–water partition coefficient (Wildman–Crippen LogP) is 7.09. The molecule has 4 rings (SSSR count). The Morgan fingerprint density at radius 2 is 1.70 bits per heavy atom. The number of aliphatic imine (C=N–C) groups is 1. The number of hydrogen-bond acceptors (Lipinski definition) is 3. The zero-order chi connectivity index (χ0) is 26.2. The van der Waals surface area contributed by atoms with Gasteiger partial charge in [0.15, 0.2) is 0 Å². The Balaban J connectivity index is 1.72. The first kappa shape index (κ1) is 26.3. The van der Waals surface area contributed by atoms with Crippen molar-refractivity contribution in [2.45, 2.75) is 26.3 Å². The lowest BCUT2D eigenvalue weighted by Crippen LogP contribution is -2.13. The van der Waals surface area contributed by atoms with Crippen molar-refractivity contribution in [1.29, 1.82) is 0 Å². The number of rotatable bonds is 11. The Morgan fingerprint density at radius 3 is 2.35 bits per heavy atom. The highest BCUT2D eigenvalue weighted by Gasteiger charge is 2.30. The molecule has 1 saturated carbocycles. The largest absolute Gasteiger partial charge is 0.389 e. The van der Waals surface area contributed by atoms with E-state index in [0.717, 1.165) is 35.5 Å². The first-order chi connectivity index (χ1) is 18.0. The summed E-state index contributed by atoms with van der Waals surface area (Å²) in [6.07, 6.45) is 6.38. The molecule has 1 aliphatic carbocycles. The number of nitrogens with one attached hydrogen (secondary N) is 2. The highest BCUT2D eigenvalue weighted by molar-refractivity contribution is 6.02. The number of allylic oxidation sites excluding steroid dienone is 2. The molecule has 190 valence electrons. The summed E-state index contributed by atoms with van der Waals surface area (Å²) in [5, 5.41) is 6.46. The molecule has 4 heteroatoms. The zero-order valence-corrected chi connectivity index (χ0v) is 22.0. The van der Waals surface area contributed by atoms with Crippen molar-refractivity contribution < 1.29 is 4.39 Å². The molecule has 3 aromatic rings. The smallest absolute Gasteiger partial charge is 0.215 e. The SMILES string of the molecule is C=C(/C=C/CNCc1ccc(/C(=C(\c2ccccc2)C2CC2)c2ccc(C)c(C(F)=NC)c2)cc1)NC. The van der Waals surface area contributed by atoms with E-state index >= 15 is 0 Å². The number of likely N-dealkylation sites (N-methyl/N-ethyl adjacent to an activating group) is 1. The maximum Gasteiger partial charge on any atom is 0.215 e. The maximum atomic E-state index is 14.7. The average Bonchev–Trinajstić information content (AvgIpc) is 3.77. The van der Waals surface area contributed by atoms with Gasteiger partial charge in [-0.15, -0.1) is 0 Å². The van der Waals surface area contributed by atoms with Gasteiger partial charge < -0.3 is 10.6 Å². The second kappa shape index (κ2) is 12.5. The highest BCUT2D eigenvalue weighted by Crippen LogP contribution is 2.47. The fourth-order valence-corrected chi connectivity index (χ4v) is 4.55. The second-order valence-corrected chi connectivity index (χ2v) is 9.48. The normalized spacial score (nSPS) is 14.5. The molecule has 1 fully saturated rings. The Kier molecular flexibility index (Phi) is 8.86. The van der Waals surface area contributed by atoms with E-state index < -0.39 is 5.97 Å². The zero-order valence-electron chi connectivity index (χ0n) is 22.0. The summed E-state index contributed by atoms with van der Waals surface area (Å²) in [5.74, 6) is 0.0764. The first-order valence-electron chi connectivity index (χ1n) is 12.9. The summed E-state index contributed by atoms with van der Waals surface area (Å²) in [4.78, 5) is 3.82. The van der Waals surface area contributed by atoms with Crippen LogP contribution in [0.15, 0.2) is 102 Å². The molecule has 2 N–H and O–H groups in total. The molecular formula is C33H36FN3. The quantitative estimate of drug-likeness (QED) is 0.129. The Hall–Kier alpha value is -3.76. The van der Waals surface area contributed by atoms with E-state index in [1.807, 2.05) is 32.2 Å². The fraction of sp³-hybridized carbons (Fsp3) is 0.242. The van der Waals surface area contributed by atoms with Crippen molar-refractivity contribution >= 4 is 17.1 Å².